The van der Waals surface area contributed by atoms with Crippen LogP contribution in [0.5, 0.6) is 0 Å². The van der Waals surface area contributed by atoms with Crippen LogP contribution in [-0.2, 0) is 4.79 Å². The van der Waals surface area contributed by atoms with E-state index in [0.29, 0.717) is 18.3 Å². The molecule has 0 aromatic heterocycles. The normalized spacial score (nSPS) is 11.4. The van der Waals surface area contributed by atoms with Gasteiger partial charge in [-0.2, -0.15) is 0 Å². The van der Waals surface area contributed by atoms with Crippen LogP contribution in [0.4, 0.5) is 0 Å². The molecule has 1 N–H and O–H groups in total. The average molecular weight is 128 g/mol. The molecule has 0 heterocycles. The van der Waals surface area contributed by atoms with Crippen molar-refractivity contribution < 1.29 is 9.90 Å². The Morgan fingerprint density at radius 1 is 1.67 bits per heavy atom. The van der Waals surface area contributed by atoms with Gasteiger partial charge in [0.15, 0.2) is 0 Å². The highest BCUT2D eigenvalue weighted by Crippen LogP contribution is 2.02. The molecule has 0 atom stereocenters. The number of carbonyl (C=O) groups is 1. The van der Waals surface area contributed by atoms with E-state index in [9.17, 15) is 4.79 Å². The summed E-state index contributed by atoms with van der Waals surface area (Å²) in [6.45, 7) is 2.04. The number of aliphatic hydroxyl groups excluding tert-OH is 1. The van der Waals surface area contributed by atoms with Crippen LogP contribution < -0.4 is 0 Å². The predicted octanol–water partition coefficient (Wildman–Crippen LogP) is 1.82. The standard InChI is InChI=1S/C7H12O2/c1-2-3-4-7(5-8)6-9/h5-6,8H,2-4H2,1H3/b7-5+. The number of aliphatic hydroxyl groups is 1. The molecule has 0 radical (unpaired) electrons. The lowest BCUT2D eigenvalue weighted by Gasteiger charge is -1.92. The second-order valence-corrected chi connectivity index (χ2v) is 1.93. The highest BCUT2D eigenvalue weighted by molar-refractivity contribution is 5.72. The molecule has 0 bridgehead atoms. The van der Waals surface area contributed by atoms with E-state index in [1.54, 1.807) is 0 Å². The number of allylic oxidation sites excluding steroid dienone is 1. The Hall–Kier alpha value is -0.790. The summed E-state index contributed by atoms with van der Waals surface area (Å²) in [5.74, 6) is 0. The number of carbonyl (C=O) groups excluding carboxylic acids is 1. The third-order valence-corrected chi connectivity index (χ3v) is 1.14. The minimum atomic E-state index is 0.483. The maximum absolute atomic E-state index is 10.0. The van der Waals surface area contributed by atoms with Crippen molar-refractivity contribution in [2.75, 3.05) is 0 Å². The Kier molecular flexibility index (Phi) is 4.88. The van der Waals surface area contributed by atoms with Crippen LogP contribution in [0, 0.1) is 0 Å². The van der Waals surface area contributed by atoms with Gasteiger partial charge in [-0.15, -0.1) is 0 Å². The molecule has 0 rings (SSSR count). The van der Waals surface area contributed by atoms with Gasteiger partial charge in [0.05, 0.1) is 6.26 Å². The molecule has 0 aliphatic carbocycles. The van der Waals surface area contributed by atoms with Crippen molar-refractivity contribution >= 4 is 6.29 Å². The summed E-state index contributed by atoms with van der Waals surface area (Å²) in [6.07, 6.45) is 4.27. The minimum Gasteiger partial charge on any atom is -0.515 e. The van der Waals surface area contributed by atoms with Gasteiger partial charge in [-0.25, -0.2) is 0 Å². The molecule has 9 heavy (non-hydrogen) atoms. The van der Waals surface area contributed by atoms with Crippen molar-refractivity contribution in [1.29, 1.82) is 0 Å². The third kappa shape index (κ3) is 3.76. The second-order valence-electron chi connectivity index (χ2n) is 1.93. The smallest absolute Gasteiger partial charge is 0.149 e. The van der Waals surface area contributed by atoms with Crippen LogP contribution in [0.2, 0.25) is 0 Å². The zero-order valence-electron chi connectivity index (χ0n) is 5.63. The predicted molar refractivity (Wildman–Crippen MR) is 36.3 cm³/mol. The molecule has 0 fully saturated rings. The van der Waals surface area contributed by atoms with Crippen molar-refractivity contribution in [3.05, 3.63) is 11.8 Å². The number of rotatable bonds is 4. The summed E-state index contributed by atoms with van der Waals surface area (Å²) < 4.78 is 0. The summed E-state index contributed by atoms with van der Waals surface area (Å²) in [7, 11) is 0. The van der Waals surface area contributed by atoms with E-state index < -0.39 is 0 Å². The number of hydrogen-bond acceptors (Lipinski definition) is 2. The molecule has 0 aliphatic rings. The maximum atomic E-state index is 10.0. The summed E-state index contributed by atoms with van der Waals surface area (Å²) >= 11 is 0. The molecule has 0 saturated heterocycles. The van der Waals surface area contributed by atoms with Crippen LogP contribution >= 0.6 is 0 Å². The summed E-state index contributed by atoms with van der Waals surface area (Å²) in [4.78, 5) is 10.0. The molecule has 0 amide bonds. The quantitative estimate of drug-likeness (QED) is 0.356. The number of hydrogen-bond donors (Lipinski definition) is 1. The van der Waals surface area contributed by atoms with Crippen LogP contribution in [0.3, 0.4) is 0 Å². The first-order valence-corrected chi connectivity index (χ1v) is 3.13. The fourth-order valence-corrected chi connectivity index (χ4v) is 0.535. The Balaban J connectivity index is 3.45. The van der Waals surface area contributed by atoms with Crippen molar-refractivity contribution in [2.45, 2.75) is 26.2 Å². The number of unbranched alkanes of at least 4 members (excludes halogenated alkanes) is 1. The van der Waals surface area contributed by atoms with E-state index in [1.807, 2.05) is 6.92 Å². The topological polar surface area (TPSA) is 37.3 Å². The van der Waals surface area contributed by atoms with E-state index in [1.165, 1.54) is 0 Å². The highest BCUT2D eigenvalue weighted by Gasteiger charge is 1.91. The van der Waals surface area contributed by atoms with Gasteiger partial charge in [-0.1, -0.05) is 13.3 Å². The molecule has 0 aromatic rings. The highest BCUT2D eigenvalue weighted by atomic mass is 16.2. The molecule has 0 aliphatic heterocycles. The van der Waals surface area contributed by atoms with Gasteiger partial charge < -0.3 is 5.11 Å². The first-order chi connectivity index (χ1) is 4.35. The van der Waals surface area contributed by atoms with E-state index in [4.69, 9.17) is 5.11 Å². The van der Waals surface area contributed by atoms with E-state index in [2.05, 4.69) is 0 Å². The first kappa shape index (κ1) is 8.21. The Labute approximate surface area is 55.2 Å². The van der Waals surface area contributed by atoms with Crippen molar-refractivity contribution in [3.8, 4) is 0 Å². The van der Waals surface area contributed by atoms with Gasteiger partial charge in [0.1, 0.15) is 6.29 Å². The summed E-state index contributed by atoms with van der Waals surface area (Å²) in [5, 5.41) is 8.36. The minimum absolute atomic E-state index is 0.483. The largest absolute Gasteiger partial charge is 0.515 e. The molecular weight excluding hydrogens is 116 g/mol. The van der Waals surface area contributed by atoms with E-state index >= 15 is 0 Å². The zero-order chi connectivity index (χ0) is 7.11. The second kappa shape index (κ2) is 5.35. The molecule has 0 spiro atoms. The number of aldehydes is 1. The zero-order valence-corrected chi connectivity index (χ0v) is 5.63. The van der Waals surface area contributed by atoms with E-state index in [0.717, 1.165) is 19.1 Å². The van der Waals surface area contributed by atoms with Gasteiger partial charge in [0, 0.05) is 5.57 Å². The molecule has 0 saturated carbocycles. The van der Waals surface area contributed by atoms with Crippen LogP contribution in [0.25, 0.3) is 0 Å². The monoisotopic (exact) mass is 128 g/mol. The maximum Gasteiger partial charge on any atom is 0.149 e. The fourth-order valence-electron chi connectivity index (χ4n) is 0.535. The van der Waals surface area contributed by atoms with Crippen LogP contribution in [-0.4, -0.2) is 11.4 Å². The average Bonchev–Trinajstić information content (AvgIpc) is 1.91. The summed E-state index contributed by atoms with van der Waals surface area (Å²) in [6, 6.07) is 0. The SMILES string of the molecule is CCCC/C(C=O)=C\O. The Morgan fingerprint density at radius 3 is 2.67 bits per heavy atom. The van der Waals surface area contributed by atoms with Crippen molar-refractivity contribution in [2.24, 2.45) is 0 Å². The fraction of sp³-hybridized carbons (Fsp3) is 0.571. The van der Waals surface area contributed by atoms with Gasteiger partial charge in [0.25, 0.3) is 0 Å². The molecule has 2 nitrogen and oxygen atoms in total. The van der Waals surface area contributed by atoms with Gasteiger partial charge in [-0.3, -0.25) is 4.79 Å². The Morgan fingerprint density at radius 2 is 2.33 bits per heavy atom. The third-order valence-electron chi connectivity index (χ3n) is 1.14. The molecule has 0 aromatic carbocycles. The summed E-state index contributed by atoms with van der Waals surface area (Å²) in [5.41, 5.74) is 0.483. The van der Waals surface area contributed by atoms with Crippen LogP contribution in [0.15, 0.2) is 11.8 Å². The molecule has 2 heteroatoms. The lowest BCUT2D eigenvalue weighted by Crippen LogP contribution is -1.83. The van der Waals surface area contributed by atoms with Gasteiger partial charge >= 0.3 is 0 Å². The van der Waals surface area contributed by atoms with Crippen LogP contribution in [0.1, 0.15) is 26.2 Å². The molecular formula is C7H12O2. The van der Waals surface area contributed by atoms with Crippen molar-refractivity contribution in [1.82, 2.24) is 0 Å². The van der Waals surface area contributed by atoms with Gasteiger partial charge in [-0.05, 0) is 12.8 Å². The lowest BCUT2D eigenvalue weighted by molar-refractivity contribution is -0.105. The Bertz CT molecular complexity index is 105. The van der Waals surface area contributed by atoms with Gasteiger partial charge in [0.2, 0.25) is 0 Å². The molecule has 52 valence electrons. The molecule has 0 unspecified atom stereocenters. The van der Waals surface area contributed by atoms with E-state index in [-0.39, 0.29) is 0 Å². The van der Waals surface area contributed by atoms with Crippen molar-refractivity contribution in [3.63, 3.8) is 0 Å². The first-order valence-electron chi connectivity index (χ1n) is 3.13. The lowest BCUT2D eigenvalue weighted by atomic mass is 10.1.